The van der Waals surface area contributed by atoms with E-state index in [1.807, 2.05) is 34.9 Å². The van der Waals surface area contributed by atoms with E-state index in [-0.39, 0.29) is 11.2 Å². The second-order valence-electron chi connectivity index (χ2n) is 8.14. The first kappa shape index (κ1) is 20.3. The van der Waals surface area contributed by atoms with Crippen molar-refractivity contribution in [3.05, 3.63) is 81.0 Å². The van der Waals surface area contributed by atoms with Crippen LogP contribution >= 0.6 is 0 Å². The van der Waals surface area contributed by atoms with E-state index in [4.69, 9.17) is 4.98 Å². The van der Waals surface area contributed by atoms with Crippen LogP contribution in [0.25, 0.3) is 22.3 Å². The Balaban J connectivity index is 1.74. The number of aryl methyl sites for hydroxylation is 1. The zero-order valence-electron chi connectivity index (χ0n) is 18.3. The highest BCUT2D eigenvalue weighted by molar-refractivity contribution is 5.75. The maximum Gasteiger partial charge on any atom is 0.332 e. The average Bonchev–Trinajstić information content (AvgIpc) is 3.22. The van der Waals surface area contributed by atoms with Gasteiger partial charge >= 0.3 is 5.69 Å². The molecule has 3 heterocycles. The Morgan fingerprint density at radius 3 is 2.34 bits per heavy atom. The molecule has 1 aliphatic rings. The van der Waals surface area contributed by atoms with Gasteiger partial charge in [0.05, 0.1) is 6.54 Å². The smallest absolute Gasteiger partial charge is 0.332 e. The molecule has 2 aromatic heterocycles. The van der Waals surface area contributed by atoms with Gasteiger partial charge in [-0.2, -0.15) is 4.98 Å². The van der Waals surface area contributed by atoms with Crippen LogP contribution in [0.3, 0.4) is 0 Å². The maximum absolute atomic E-state index is 13.2. The van der Waals surface area contributed by atoms with Gasteiger partial charge in [-0.25, -0.2) is 4.79 Å². The summed E-state index contributed by atoms with van der Waals surface area (Å²) >= 11 is 0. The van der Waals surface area contributed by atoms with Crippen LogP contribution in [-0.4, -0.2) is 44.9 Å². The van der Waals surface area contributed by atoms with Crippen LogP contribution in [0, 0.1) is 0 Å². The van der Waals surface area contributed by atoms with Gasteiger partial charge in [0.25, 0.3) is 5.56 Å². The summed E-state index contributed by atoms with van der Waals surface area (Å²) < 4.78 is 4.59. The first-order chi connectivity index (χ1) is 15.6. The first-order valence-corrected chi connectivity index (χ1v) is 10.8. The topological polar surface area (TPSA) is 77.1 Å². The molecule has 1 aliphatic heterocycles. The lowest BCUT2D eigenvalue weighted by Gasteiger charge is -2.29. The van der Waals surface area contributed by atoms with Crippen molar-refractivity contribution in [2.75, 3.05) is 31.1 Å². The number of fused-ring (bicyclic) bond motifs is 1. The highest BCUT2D eigenvalue weighted by Gasteiger charge is 2.24. The van der Waals surface area contributed by atoms with Crippen molar-refractivity contribution in [2.24, 2.45) is 14.1 Å². The van der Waals surface area contributed by atoms with Gasteiger partial charge in [-0.3, -0.25) is 18.5 Å². The third-order valence-electron chi connectivity index (χ3n) is 6.16. The Kier molecular flexibility index (Phi) is 5.14. The van der Waals surface area contributed by atoms with Crippen molar-refractivity contribution in [1.29, 1.82) is 0 Å². The lowest BCUT2D eigenvalue weighted by molar-refractivity contribution is 0.571. The summed E-state index contributed by atoms with van der Waals surface area (Å²) in [5.74, 6) is 0.725. The molecule has 164 valence electrons. The van der Waals surface area contributed by atoms with Crippen LogP contribution < -0.4 is 21.5 Å². The fourth-order valence-electron chi connectivity index (χ4n) is 4.42. The quantitative estimate of drug-likeness (QED) is 0.532. The minimum Gasteiger partial charge on any atom is -0.340 e. The highest BCUT2D eigenvalue weighted by Crippen LogP contribution is 2.27. The molecule has 0 atom stereocenters. The zero-order valence-corrected chi connectivity index (χ0v) is 18.3. The van der Waals surface area contributed by atoms with Crippen molar-refractivity contribution in [1.82, 2.24) is 24.0 Å². The van der Waals surface area contributed by atoms with Gasteiger partial charge in [0, 0.05) is 40.3 Å². The van der Waals surface area contributed by atoms with Gasteiger partial charge in [-0.1, -0.05) is 54.6 Å². The summed E-state index contributed by atoms with van der Waals surface area (Å²) in [6, 6.07) is 18.5. The van der Waals surface area contributed by atoms with Crippen molar-refractivity contribution in [3.63, 3.8) is 0 Å². The van der Waals surface area contributed by atoms with E-state index in [2.05, 4.69) is 34.5 Å². The predicted molar refractivity (Wildman–Crippen MR) is 126 cm³/mol. The number of piperazine rings is 1. The molecule has 0 unspecified atom stereocenters. The molecule has 0 spiro atoms. The Morgan fingerprint density at radius 2 is 1.59 bits per heavy atom. The molecule has 0 aliphatic carbocycles. The fraction of sp³-hybridized carbons (Fsp3) is 0.292. The Morgan fingerprint density at radius 1 is 0.906 bits per heavy atom. The molecular weight excluding hydrogens is 404 g/mol. The van der Waals surface area contributed by atoms with Crippen LogP contribution in [0.1, 0.15) is 5.56 Å². The van der Waals surface area contributed by atoms with Crippen LogP contribution in [-0.2, 0) is 20.6 Å². The molecule has 1 saturated heterocycles. The summed E-state index contributed by atoms with van der Waals surface area (Å²) in [5.41, 5.74) is 3.50. The van der Waals surface area contributed by atoms with Gasteiger partial charge in [0.1, 0.15) is 0 Å². The molecule has 4 aromatic rings. The van der Waals surface area contributed by atoms with E-state index in [1.54, 1.807) is 7.05 Å². The second kappa shape index (κ2) is 8.12. The summed E-state index contributed by atoms with van der Waals surface area (Å²) in [6.45, 7) is 3.76. The number of hydrogen-bond acceptors (Lipinski definition) is 5. The lowest BCUT2D eigenvalue weighted by atomic mass is 10.00. The Hall–Kier alpha value is -3.65. The fourth-order valence-corrected chi connectivity index (χ4v) is 4.42. The normalized spacial score (nSPS) is 14.2. The predicted octanol–water partition coefficient (Wildman–Crippen LogP) is 1.56. The Labute approximate surface area is 185 Å². The van der Waals surface area contributed by atoms with Crippen molar-refractivity contribution in [2.45, 2.75) is 6.54 Å². The second-order valence-corrected chi connectivity index (χ2v) is 8.14. The molecule has 2 aromatic carbocycles. The molecule has 1 fully saturated rings. The molecule has 8 nitrogen and oxygen atoms in total. The van der Waals surface area contributed by atoms with E-state index in [0.29, 0.717) is 17.7 Å². The van der Waals surface area contributed by atoms with E-state index in [9.17, 15) is 9.59 Å². The van der Waals surface area contributed by atoms with E-state index < -0.39 is 0 Å². The van der Waals surface area contributed by atoms with E-state index in [1.165, 1.54) is 11.6 Å². The van der Waals surface area contributed by atoms with Crippen LogP contribution in [0.15, 0.2) is 64.2 Å². The molecule has 32 heavy (non-hydrogen) atoms. The number of nitrogens with one attached hydrogen (secondary N) is 1. The van der Waals surface area contributed by atoms with Crippen molar-refractivity contribution in [3.8, 4) is 11.1 Å². The van der Waals surface area contributed by atoms with Gasteiger partial charge in [-0.15, -0.1) is 0 Å². The molecule has 5 rings (SSSR count). The minimum atomic E-state index is -0.372. The summed E-state index contributed by atoms with van der Waals surface area (Å²) in [7, 11) is 3.19. The monoisotopic (exact) mass is 430 g/mol. The standard InChI is InChI=1S/C24H26N6O2/c1-27-21-20(22(31)28(2)24(27)32)30(23(26-21)29-14-12-25-13-15-29)16-18-10-6-7-11-19(18)17-8-4-3-5-9-17/h3-11,25H,12-16H2,1-2H3. The highest BCUT2D eigenvalue weighted by atomic mass is 16.2. The van der Waals surface area contributed by atoms with Crippen LogP contribution in [0.2, 0.25) is 0 Å². The summed E-state index contributed by atoms with van der Waals surface area (Å²) in [6.07, 6.45) is 0. The Bertz CT molecular complexity index is 1390. The largest absolute Gasteiger partial charge is 0.340 e. The number of nitrogens with zero attached hydrogens (tertiary/aromatic N) is 5. The molecule has 0 amide bonds. The van der Waals surface area contributed by atoms with Crippen molar-refractivity contribution < 1.29 is 0 Å². The number of rotatable bonds is 4. The van der Waals surface area contributed by atoms with E-state index in [0.717, 1.165) is 53.4 Å². The average molecular weight is 431 g/mol. The molecule has 0 radical (unpaired) electrons. The van der Waals surface area contributed by atoms with E-state index >= 15 is 0 Å². The number of aromatic nitrogens is 4. The summed E-state index contributed by atoms with van der Waals surface area (Å²) in [5, 5.41) is 3.36. The lowest BCUT2D eigenvalue weighted by Crippen LogP contribution is -2.44. The van der Waals surface area contributed by atoms with Gasteiger partial charge < -0.3 is 10.2 Å². The number of imidazole rings is 1. The molecule has 8 heteroatoms. The molecular formula is C24H26N6O2. The first-order valence-electron chi connectivity index (χ1n) is 10.8. The maximum atomic E-state index is 13.2. The zero-order chi connectivity index (χ0) is 22.2. The number of benzene rings is 2. The number of hydrogen-bond donors (Lipinski definition) is 1. The molecule has 0 saturated carbocycles. The van der Waals surface area contributed by atoms with Gasteiger partial charge in [-0.05, 0) is 16.7 Å². The minimum absolute atomic E-state index is 0.325. The van der Waals surface area contributed by atoms with Gasteiger partial charge in [0.2, 0.25) is 5.95 Å². The van der Waals surface area contributed by atoms with Crippen LogP contribution in [0.5, 0.6) is 0 Å². The molecule has 1 N–H and O–H groups in total. The molecule has 0 bridgehead atoms. The third-order valence-corrected chi connectivity index (χ3v) is 6.16. The number of anilines is 1. The third kappa shape index (κ3) is 3.33. The SMILES string of the molecule is Cn1c(=O)c2c(nc(N3CCNCC3)n2Cc2ccccc2-c2ccccc2)n(C)c1=O. The van der Waals surface area contributed by atoms with Crippen LogP contribution in [0.4, 0.5) is 5.95 Å². The van der Waals surface area contributed by atoms with Gasteiger partial charge in [0.15, 0.2) is 11.2 Å². The summed E-state index contributed by atoms with van der Waals surface area (Å²) in [4.78, 5) is 32.8. The van der Waals surface area contributed by atoms with Crippen molar-refractivity contribution >= 4 is 17.1 Å².